The zero-order valence-electron chi connectivity index (χ0n) is 34.3. The Morgan fingerprint density at radius 2 is 0.630 bits per heavy atom. The highest BCUT2D eigenvalue weighted by molar-refractivity contribution is 5.96. The van der Waals surface area contributed by atoms with Crippen LogP contribution in [0.1, 0.15) is 128 Å². The fourth-order valence-corrected chi connectivity index (χ4v) is 7.97. The lowest BCUT2D eigenvalue weighted by molar-refractivity contribution is 0.402. The SMILES string of the molecule is CCCCCCCCCCc1ccc2cc(OC)c(-c3cc(OC)c(-c4cc5cc(CCCCCCCCCC)ccc5cc4OC)cc3OC)cc2c1. The van der Waals surface area contributed by atoms with E-state index in [4.69, 9.17) is 18.9 Å². The molecular formula is C50H66O4. The number of fused-ring (bicyclic) bond motifs is 2. The second-order valence-corrected chi connectivity index (χ2v) is 15.2. The van der Waals surface area contributed by atoms with Crippen molar-refractivity contribution in [2.24, 2.45) is 0 Å². The van der Waals surface area contributed by atoms with Crippen LogP contribution in [-0.4, -0.2) is 28.4 Å². The maximum absolute atomic E-state index is 6.12. The molecule has 0 saturated heterocycles. The summed E-state index contributed by atoms with van der Waals surface area (Å²) in [5.41, 5.74) is 6.58. The van der Waals surface area contributed by atoms with E-state index >= 15 is 0 Å². The predicted octanol–water partition coefficient (Wildman–Crippen LogP) is 14.7. The van der Waals surface area contributed by atoms with Gasteiger partial charge in [-0.05, 0) is 94.8 Å². The molecule has 54 heavy (non-hydrogen) atoms. The molecule has 0 aliphatic carbocycles. The van der Waals surface area contributed by atoms with Crippen molar-refractivity contribution in [1.82, 2.24) is 0 Å². The van der Waals surface area contributed by atoms with Crippen molar-refractivity contribution in [2.45, 2.75) is 129 Å². The highest BCUT2D eigenvalue weighted by Gasteiger charge is 2.21. The van der Waals surface area contributed by atoms with Crippen molar-refractivity contribution in [3.8, 4) is 45.3 Å². The van der Waals surface area contributed by atoms with Crippen molar-refractivity contribution < 1.29 is 18.9 Å². The van der Waals surface area contributed by atoms with Crippen LogP contribution in [0.4, 0.5) is 0 Å². The van der Waals surface area contributed by atoms with E-state index in [9.17, 15) is 0 Å². The van der Waals surface area contributed by atoms with Gasteiger partial charge in [0.2, 0.25) is 0 Å². The van der Waals surface area contributed by atoms with Gasteiger partial charge in [-0.2, -0.15) is 0 Å². The van der Waals surface area contributed by atoms with Crippen LogP contribution >= 0.6 is 0 Å². The molecule has 0 aliphatic heterocycles. The van der Waals surface area contributed by atoms with E-state index in [1.165, 1.54) is 135 Å². The van der Waals surface area contributed by atoms with Gasteiger partial charge in [-0.1, -0.05) is 140 Å². The number of aryl methyl sites for hydroxylation is 2. The van der Waals surface area contributed by atoms with E-state index in [1.807, 2.05) is 0 Å². The van der Waals surface area contributed by atoms with Crippen molar-refractivity contribution in [1.29, 1.82) is 0 Å². The smallest absolute Gasteiger partial charge is 0.127 e. The molecule has 5 aromatic carbocycles. The Labute approximate surface area is 326 Å². The minimum atomic E-state index is 0.754. The molecule has 0 bridgehead atoms. The van der Waals surface area contributed by atoms with Crippen molar-refractivity contribution >= 4 is 21.5 Å². The summed E-state index contributed by atoms with van der Waals surface area (Å²) < 4.78 is 24.2. The van der Waals surface area contributed by atoms with E-state index in [0.29, 0.717) is 0 Å². The van der Waals surface area contributed by atoms with Crippen LogP contribution < -0.4 is 18.9 Å². The van der Waals surface area contributed by atoms with Gasteiger partial charge in [-0.3, -0.25) is 0 Å². The summed E-state index contributed by atoms with van der Waals surface area (Å²) >= 11 is 0. The molecule has 0 amide bonds. The Morgan fingerprint density at radius 1 is 0.315 bits per heavy atom. The molecule has 0 unspecified atom stereocenters. The highest BCUT2D eigenvalue weighted by atomic mass is 16.5. The first kappa shape index (κ1) is 41.0. The standard InChI is InChI=1S/C50H66O4/c1-7-9-11-13-15-17-19-21-23-37-25-27-39-33-47(51-3)43(31-41(39)29-37)45-35-50(54-6)46(36-49(45)53-5)44-32-42-30-38(26-28-40(42)34-48(44)52-4)24-22-20-18-16-14-12-10-8-2/h25-36H,7-24H2,1-6H3. The molecule has 0 N–H and O–H groups in total. The Morgan fingerprint density at radius 3 is 0.981 bits per heavy atom. The average molecular weight is 731 g/mol. The lowest BCUT2D eigenvalue weighted by Gasteiger charge is -2.19. The maximum Gasteiger partial charge on any atom is 0.127 e. The van der Waals surface area contributed by atoms with E-state index in [0.717, 1.165) is 58.1 Å². The molecule has 0 fully saturated rings. The summed E-state index contributed by atoms with van der Waals surface area (Å²) in [5.74, 6) is 3.12. The molecule has 4 nitrogen and oxygen atoms in total. The van der Waals surface area contributed by atoms with Gasteiger partial charge in [0.15, 0.2) is 0 Å². The number of ether oxygens (including phenoxy) is 4. The number of rotatable bonds is 24. The van der Waals surface area contributed by atoms with Crippen LogP contribution in [0.3, 0.4) is 0 Å². The van der Waals surface area contributed by atoms with Gasteiger partial charge in [0.25, 0.3) is 0 Å². The van der Waals surface area contributed by atoms with Gasteiger partial charge < -0.3 is 18.9 Å². The largest absolute Gasteiger partial charge is 0.496 e. The molecule has 5 aromatic rings. The first-order valence-electron chi connectivity index (χ1n) is 21.0. The van der Waals surface area contributed by atoms with Crippen LogP contribution in [0.15, 0.2) is 72.8 Å². The zero-order chi connectivity index (χ0) is 38.1. The average Bonchev–Trinajstić information content (AvgIpc) is 3.21. The number of unbranched alkanes of at least 4 members (excludes halogenated alkanes) is 14. The molecule has 0 aromatic heterocycles. The molecule has 290 valence electrons. The van der Waals surface area contributed by atoms with Crippen molar-refractivity contribution in [3.05, 3.63) is 83.9 Å². The van der Waals surface area contributed by atoms with E-state index in [-0.39, 0.29) is 0 Å². The summed E-state index contributed by atoms with van der Waals surface area (Å²) in [4.78, 5) is 0. The van der Waals surface area contributed by atoms with E-state index < -0.39 is 0 Å². The van der Waals surface area contributed by atoms with E-state index in [1.54, 1.807) is 28.4 Å². The predicted molar refractivity (Wildman–Crippen MR) is 231 cm³/mol. The van der Waals surface area contributed by atoms with Crippen LogP contribution in [0.5, 0.6) is 23.0 Å². The zero-order valence-corrected chi connectivity index (χ0v) is 34.3. The fourth-order valence-electron chi connectivity index (χ4n) is 7.97. The second kappa shape index (κ2) is 21.6. The summed E-state index contributed by atoms with van der Waals surface area (Å²) in [6.07, 6.45) is 23.5. The van der Waals surface area contributed by atoms with Gasteiger partial charge in [0.1, 0.15) is 23.0 Å². The molecule has 0 radical (unpaired) electrons. The van der Waals surface area contributed by atoms with Crippen LogP contribution in [0.2, 0.25) is 0 Å². The third-order valence-corrected chi connectivity index (χ3v) is 11.2. The Balaban J connectivity index is 1.39. The highest BCUT2D eigenvalue weighted by Crippen LogP contribution is 2.47. The lowest BCUT2D eigenvalue weighted by atomic mass is 9.93. The third kappa shape index (κ3) is 11.0. The van der Waals surface area contributed by atoms with Gasteiger partial charge in [-0.15, -0.1) is 0 Å². The molecule has 0 saturated carbocycles. The molecule has 5 rings (SSSR count). The molecule has 0 atom stereocenters. The van der Waals surface area contributed by atoms with Gasteiger partial charge in [0.05, 0.1) is 28.4 Å². The minimum absolute atomic E-state index is 0.754. The summed E-state index contributed by atoms with van der Waals surface area (Å²) in [6, 6.07) is 26.7. The number of methoxy groups -OCH3 is 4. The molecule has 4 heteroatoms. The summed E-state index contributed by atoms with van der Waals surface area (Å²) in [5, 5.41) is 4.74. The molecular weight excluding hydrogens is 665 g/mol. The summed E-state index contributed by atoms with van der Waals surface area (Å²) in [6.45, 7) is 4.56. The third-order valence-electron chi connectivity index (χ3n) is 11.2. The van der Waals surface area contributed by atoms with Crippen LogP contribution in [0.25, 0.3) is 43.8 Å². The normalized spacial score (nSPS) is 11.4. The van der Waals surface area contributed by atoms with Gasteiger partial charge in [0, 0.05) is 22.3 Å². The van der Waals surface area contributed by atoms with E-state index in [2.05, 4.69) is 86.6 Å². The number of hydrogen-bond acceptors (Lipinski definition) is 4. The monoisotopic (exact) mass is 730 g/mol. The molecule has 0 aliphatic rings. The fraction of sp³-hybridized carbons (Fsp3) is 0.480. The first-order valence-corrected chi connectivity index (χ1v) is 21.0. The Bertz CT molecular complexity index is 1770. The quantitative estimate of drug-likeness (QED) is 0.0592. The number of benzene rings is 5. The minimum Gasteiger partial charge on any atom is -0.496 e. The van der Waals surface area contributed by atoms with Crippen LogP contribution in [-0.2, 0) is 12.8 Å². The van der Waals surface area contributed by atoms with Gasteiger partial charge in [-0.25, -0.2) is 0 Å². The first-order chi connectivity index (χ1) is 26.5. The molecule has 0 heterocycles. The Kier molecular flexibility index (Phi) is 16.4. The second-order valence-electron chi connectivity index (χ2n) is 15.2. The molecule has 0 spiro atoms. The van der Waals surface area contributed by atoms with Crippen molar-refractivity contribution in [3.63, 3.8) is 0 Å². The van der Waals surface area contributed by atoms with Gasteiger partial charge >= 0.3 is 0 Å². The maximum atomic E-state index is 6.12. The summed E-state index contributed by atoms with van der Waals surface area (Å²) in [7, 11) is 6.95. The Hall–Kier alpha value is -4.18. The lowest BCUT2D eigenvalue weighted by Crippen LogP contribution is -1.97. The van der Waals surface area contributed by atoms with Crippen LogP contribution in [0, 0.1) is 0 Å². The van der Waals surface area contributed by atoms with Crippen molar-refractivity contribution in [2.75, 3.05) is 28.4 Å². The number of hydrogen-bond donors (Lipinski definition) is 0. The topological polar surface area (TPSA) is 36.9 Å².